The summed E-state index contributed by atoms with van der Waals surface area (Å²) in [4.78, 5) is 14.1. The Morgan fingerprint density at radius 3 is 2.36 bits per heavy atom. The van der Waals surface area contributed by atoms with Crippen molar-refractivity contribution in [2.24, 2.45) is 0 Å². The number of anilines is 1. The van der Waals surface area contributed by atoms with Gasteiger partial charge in [0.25, 0.3) is 0 Å². The number of carbonyl (C=O) groups is 1. The predicted molar refractivity (Wildman–Crippen MR) is 88.1 cm³/mol. The Morgan fingerprint density at radius 2 is 1.82 bits per heavy atom. The maximum absolute atomic E-state index is 12.0. The largest absolute Gasteiger partial charge is 0.379 e. The van der Waals surface area contributed by atoms with Crippen LogP contribution in [0.5, 0.6) is 0 Å². The van der Waals surface area contributed by atoms with E-state index in [1.807, 2.05) is 0 Å². The Balaban J connectivity index is 0.00000242. The van der Waals surface area contributed by atoms with Crippen LogP contribution in [0.3, 0.4) is 0 Å². The van der Waals surface area contributed by atoms with Crippen LogP contribution < -0.4 is 4.72 Å². The van der Waals surface area contributed by atoms with E-state index in [4.69, 9.17) is 4.74 Å². The first kappa shape index (κ1) is 18.9. The number of hydrogen-bond acceptors (Lipinski definition) is 5. The number of rotatable bonds is 6. The molecule has 124 valence electrons. The van der Waals surface area contributed by atoms with Gasteiger partial charge in [-0.1, -0.05) is 12.1 Å². The minimum atomic E-state index is -3.27. The van der Waals surface area contributed by atoms with Crippen molar-refractivity contribution in [2.45, 2.75) is 6.42 Å². The Labute approximate surface area is 137 Å². The number of ketones is 1. The quantitative estimate of drug-likeness (QED) is 0.827. The van der Waals surface area contributed by atoms with Crippen molar-refractivity contribution in [1.29, 1.82) is 0 Å². The van der Waals surface area contributed by atoms with Crippen LogP contribution in [0.1, 0.15) is 5.56 Å². The summed E-state index contributed by atoms with van der Waals surface area (Å²) < 4.78 is 29.8. The van der Waals surface area contributed by atoms with Gasteiger partial charge >= 0.3 is 0 Å². The van der Waals surface area contributed by atoms with Crippen LogP contribution in [0.15, 0.2) is 24.3 Å². The van der Waals surface area contributed by atoms with Crippen LogP contribution in [0.4, 0.5) is 5.69 Å². The summed E-state index contributed by atoms with van der Waals surface area (Å²) in [5, 5.41) is 0. The molecule has 1 fully saturated rings. The van der Waals surface area contributed by atoms with Crippen molar-refractivity contribution in [3.8, 4) is 0 Å². The van der Waals surface area contributed by atoms with E-state index in [2.05, 4.69) is 9.62 Å². The SMILES string of the molecule is CS(=O)(=O)Nc1ccc(CC(=O)CN2CCOCC2)cc1.Cl. The number of halogens is 1. The molecule has 0 spiro atoms. The molecule has 0 radical (unpaired) electrons. The number of nitrogens with zero attached hydrogens (tertiary/aromatic N) is 1. The van der Waals surface area contributed by atoms with Gasteiger partial charge in [-0.2, -0.15) is 0 Å². The van der Waals surface area contributed by atoms with Gasteiger partial charge in [0.15, 0.2) is 5.78 Å². The molecule has 0 atom stereocenters. The molecule has 0 bridgehead atoms. The second-order valence-corrected chi connectivity index (χ2v) is 6.92. The van der Waals surface area contributed by atoms with E-state index in [9.17, 15) is 13.2 Å². The van der Waals surface area contributed by atoms with Gasteiger partial charge in [0.1, 0.15) is 0 Å². The van der Waals surface area contributed by atoms with Crippen molar-refractivity contribution in [2.75, 3.05) is 43.8 Å². The highest BCUT2D eigenvalue weighted by atomic mass is 35.5. The van der Waals surface area contributed by atoms with Gasteiger partial charge in [0.05, 0.1) is 26.0 Å². The number of nitrogens with one attached hydrogen (secondary N) is 1. The fourth-order valence-electron chi connectivity index (χ4n) is 2.20. The van der Waals surface area contributed by atoms with E-state index >= 15 is 0 Å². The third kappa shape index (κ3) is 6.74. The Kier molecular flexibility index (Phi) is 7.28. The zero-order valence-electron chi connectivity index (χ0n) is 12.4. The number of sulfonamides is 1. The van der Waals surface area contributed by atoms with Crippen molar-refractivity contribution in [3.05, 3.63) is 29.8 Å². The number of Topliss-reactive ketones (excluding diaryl/α,β-unsaturated/α-hetero) is 1. The Morgan fingerprint density at radius 1 is 1.23 bits per heavy atom. The summed E-state index contributed by atoms with van der Waals surface area (Å²) in [6.45, 7) is 3.39. The van der Waals surface area contributed by atoms with Crippen LogP contribution in [0, 0.1) is 0 Å². The lowest BCUT2D eigenvalue weighted by Crippen LogP contribution is -2.39. The fourth-order valence-corrected chi connectivity index (χ4v) is 2.76. The third-order valence-corrected chi connectivity index (χ3v) is 3.77. The van der Waals surface area contributed by atoms with Gasteiger partial charge in [0.2, 0.25) is 10.0 Å². The highest BCUT2D eigenvalue weighted by Crippen LogP contribution is 2.12. The smallest absolute Gasteiger partial charge is 0.229 e. The molecule has 0 amide bonds. The number of morpholine rings is 1. The Hall–Kier alpha value is -1.15. The predicted octanol–water partition coefficient (Wildman–Crippen LogP) is 0.924. The summed E-state index contributed by atoms with van der Waals surface area (Å²) in [5.41, 5.74) is 1.38. The normalized spacial score (nSPS) is 15.9. The highest BCUT2D eigenvalue weighted by Gasteiger charge is 2.14. The molecule has 1 aromatic rings. The van der Waals surface area contributed by atoms with Gasteiger partial charge in [0, 0.05) is 25.2 Å². The van der Waals surface area contributed by atoms with E-state index in [0.29, 0.717) is 31.9 Å². The highest BCUT2D eigenvalue weighted by molar-refractivity contribution is 7.92. The second kappa shape index (κ2) is 8.47. The molecular formula is C14H21ClN2O4S. The van der Waals surface area contributed by atoms with E-state index in [0.717, 1.165) is 24.9 Å². The molecule has 8 heteroatoms. The van der Waals surface area contributed by atoms with Gasteiger partial charge < -0.3 is 4.74 Å². The average molecular weight is 349 g/mol. The van der Waals surface area contributed by atoms with Gasteiger partial charge in [-0.15, -0.1) is 12.4 Å². The molecule has 2 rings (SSSR count). The lowest BCUT2D eigenvalue weighted by atomic mass is 10.1. The summed E-state index contributed by atoms with van der Waals surface area (Å²) >= 11 is 0. The van der Waals surface area contributed by atoms with Crippen molar-refractivity contribution >= 4 is 33.9 Å². The number of benzene rings is 1. The lowest BCUT2D eigenvalue weighted by molar-refractivity contribution is -0.120. The minimum absolute atomic E-state index is 0. The molecule has 0 unspecified atom stereocenters. The van der Waals surface area contributed by atoms with Crippen molar-refractivity contribution in [3.63, 3.8) is 0 Å². The molecule has 1 aliphatic heterocycles. The van der Waals surface area contributed by atoms with E-state index in [-0.39, 0.29) is 18.2 Å². The molecule has 0 saturated carbocycles. The summed E-state index contributed by atoms with van der Waals surface area (Å²) in [6, 6.07) is 6.87. The molecule has 1 saturated heterocycles. The van der Waals surface area contributed by atoms with Crippen molar-refractivity contribution < 1.29 is 17.9 Å². The Bertz CT molecular complexity index is 583. The van der Waals surface area contributed by atoms with Gasteiger partial charge in [-0.3, -0.25) is 14.4 Å². The zero-order valence-corrected chi connectivity index (χ0v) is 14.1. The molecule has 1 N–H and O–H groups in total. The average Bonchev–Trinajstić information content (AvgIpc) is 2.40. The lowest BCUT2D eigenvalue weighted by Gasteiger charge is -2.25. The molecule has 6 nitrogen and oxygen atoms in total. The van der Waals surface area contributed by atoms with Gasteiger partial charge in [-0.25, -0.2) is 8.42 Å². The minimum Gasteiger partial charge on any atom is -0.379 e. The second-order valence-electron chi connectivity index (χ2n) is 5.18. The molecule has 1 heterocycles. The van der Waals surface area contributed by atoms with Crippen molar-refractivity contribution in [1.82, 2.24) is 4.90 Å². The summed E-state index contributed by atoms with van der Waals surface area (Å²) in [6.07, 6.45) is 1.46. The first-order valence-corrected chi connectivity index (χ1v) is 8.70. The van der Waals surface area contributed by atoms with E-state index in [1.54, 1.807) is 24.3 Å². The van der Waals surface area contributed by atoms with E-state index < -0.39 is 10.0 Å². The van der Waals surface area contributed by atoms with E-state index in [1.165, 1.54) is 0 Å². The third-order valence-electron chi connectivity index (χ3n) is 3.16. The van der Waals surface area contributed by atoms with Crippen LogP contribution in [-0.2, 0) is 26.0 Å². The molecule has 1 aromatic carbocycles. The molecule has 0 aromatic heterocycles. The van der Waals surface area contributed by atoms with Crippen LogP contribution in [0.2, 0.25) is 0 Å². The molecule has 1 aliphatic rings. The maximum Gasteiger partial charge on any atom is 0.229 e. The van der Waals surface area contributed by atoms with Crippen LogP contribution in [0.25, 0.3) is 0 Å². The zero-order chi connectivity index (χ0) is 15.3. The molecular weight excluding hydrogens is 328 g/mol. The molecule has 22 heavy (non-hydrogen) atoms. The number of hydrogen-bond donors (Lipinski definition) is 1. The first-order valence-electron chi connectivity index (χ1n) is 6.81. The first-order chi connectivity index (χ1) is 9.92. The summed E-state index contributed by atoms with van der Waals surface area (Å²) in [5.74, 6) is 0.153. The standard InChI is InChI=1S/C14H20N2O4S.ClH/c1-21(18,19)15-13-4-2-12(3-5-13)10-14(17)11-16-6-8-20-9-7-16;/h2-5,15H,6-11H2,1H3;1H. The number of carbonyl (C=O) groups excluding carboxylic acids is 1. The van der Waals surface area contributed by atoms with Crippen LogP contribution >= 0.6 is 12.4 Å². The van der Waals surface area contributed by atoms with Crippen LogP contribution in [-0.4, -0.2) is 58.2 Å². The number of ether oxygens (including phenoxy) is 1. The monoisotopic (exact) mass is 348 g/mol. The summed E-state index contributed by atoms with van der Waals surface area (Å²) in [7, 11) is -3.27. The maximum atomic E-state index is 12.0. The topological polar surface area (TPSA) is 75.7 Å². The fraction of sp³-hybridized carbons (Fsp3) is 0.500. The van der Waals surface area contributed by atoms with Gasteiger partial charge in [-0.05, 0) is 17.7 Å². The molecule has 0 aliphatic carbocycles.